The highest BCUT2D eigenvalue weighted by molar-refractivity contribution is 5.92. The summed E-state index contributed by atoms with van der Waals surface area (Å²) in [6.07, 6.45) is 6.51. The van der Waals surface area contributed by atoms with Crippen LogP contribution in [-0.2, 0) is 0 Å². The number of H-pyrrole nitrogens is 1. The van der Waals surface area contributed by atoms with E-state index in [1.165, 1.54) is 0 Å². The molecule has 0 spiro atoms. The summed E-state index contributed by atoms with van der Waals surface area (Å²) in [5.41, 5.74) is 0.279. The minimum absolute atomic E-state index is 0.115. The summed E-state index contributed by atoms with van der Waals surface area (Å²) in [4.78, 5) is 20.8. The molecule has 0 bridgehead atoms. The number of hydrogen-bond acceptors (Lipinski definition) is 4. The first kappa shape index (κ1) is 12.2. The molecule has 0 amide bonds. The quantitative estimate of drug-likeness (QED) is 0.809. The van der Waals surface area contributed by atoms with Crippen molar-refractivity contribution in [3.63, 3.8) is 0 Å². The third kappa shape index (κ3) is 2.21. The number of anilines is 1. The van der Waals surface area contributed by atoms with Crippen molar-refractivity contribution in [2.24, 2.45) is 0 Å². The van der Waals surface area contributed by atoms with Crippen molar-refractivity contribution < 1.29 is 5.11 Å². The Morgan fingerprint density at radius 3 is 2.79 bits per heavy atom. The molecule has 0 aromatic carbocycles. The molecule has 2 aromatic rings. The zero-order valence-corrected chi connectivity index (χ0v) is 10.9. The molecule has 2 aromatic heterocycles. The third-order valence-electron chi connectivity index (χ3n) is 3.86. The van der Waals surface area contributed by atoms with Crippen LogP contribution in [0, 0.1) is 0 Å². The zero-order valence-electron chi connectivity index (χ0n) is 10.9. The van der Waals surface area contributed by atoms with Gasteiger partial charge in [0.15, 0.2) is 0 Å². The number of aromatic amines is 1. The first-order chi connectivity index (χ1) is 9.07. The molecule has 3 heterocycles. The molecule has 1 aliphatic rings. The molecular formula is C14H17N3O2. The Hall–Kier alpha value is -1.88. The maximum atomic E-state index is 11.8. The second-order valence-electron chi connectivity index (χ2n) is 5.41. The summed E-state index contributed by atoms with van der Waals surface area (Å²) >= 11 is 0. The average molecular weight is 259 g/mol. The fraction of sp³-hybridized carbons (Fsp3) is 0.429. The van der Waals surface area contributed by atoms with Gasteiger partial charge in [0.05, 0.1) is 22.9 Å². The summed E-state index contributed by atoms with van der Waals surface area (Å²) in [6.45, 7) is 3.43. The van der Waals surface area contributed by atoms with Crippen LogP contribution in [0.25, 0.3) is 10.8 Å². The Kier molecular flexibility index (Phi) is 2.78. The summed E-state index contributed by atoms with van der Waals surface area (Å²) in [5, 5.41) is 11.5. The van der Waals surface area contributed by atoms with Gasteiger partial charge in [-0.15, -0.1) is 0 Å². The molecule has 1 aliphatic heterocycles. The van der Waals surface area contributed by atoms with Crippen molar-refractivity contribution in [3.05, 3.63) is 35.0 Å². The number of rotatable bonds is 1. The molecule has 19 heavy (non-hydrogen) atoms. The van der Waals surface area contributed by atoms with Crippen LogP contribution in [0.4, 0.5) is 5.69 Å². The lowest BCUT2D eigenvalue weighted by Crippen LogP contribution is -2.42. The summed E-state index contributed by atoms with van der Waals surface area (Å²) in [6, 6.07) is 1.90. The van der Waals surface area contributed by atoms with Crippen molar-refractivity contribution >= 4 is 16.5 Å². The van der Waals surface area contributed by atoms with Crippen LogP contribution in [-0.4, -0.2) is 33.8 Å². The normalized spacial score (nSPS) is 18.7. The van der Waals surface area contributed by atoms with Gasteiger partial charge in [0.25, 0.3) is 5.56 Å². The Morgan fingerprint density at radius 2 is 2.05 bits per heavy atom. The SMILES string of the molecule is CC1(O)CCN(c2cncc3c(=O)[nH]ccc23)CC1. The molecule has 1 fully saturated rings. The van der Waals surface area contributed by atoms with Crippen LogP contribution in [0.5, 0.6) is 0 Å². The lowest BCUT2D eigenvalue weighted by molar-refractivity contribution is 0.0352. The summed E-state index contributed by atoms with van der Waals surface area (Å²) in [5.74, 6) is 0. The van der Waals surface area contributed by atoms with Gasteiger partial charge in [0.2, 0.25) is 0 Å². The molecule has 1 saturated heterocycles. The number of aromatic nitrogens is 2. The highest BCUT2D eigenvalue weighted by atomic mass is 16.3. The molecule has 100 valence electrons. The van der Waals surface area contributed by atoms with Gasteiger partial charge in [-0.25, -0.2) is 0 Å². The average Bonchev–Trinajstić information content (AvgIpc) is 2.39. The lowest BCUT2D eigenvalue weighted by Gasteiger charge is -2.37. The van der Waals surface area contributed by atoms with Crippen molar-refractivity contribution in [1.29, 1.82) is 0 Å². The maximum Gasteiger partial charge on any atom is 0.257 e. The number of pyridine rings is 2. The number of fused-ring (bicyclic) bond motifs is 1. The molecule has 0 radical (unpaired) electrons. The number of nitrogens with zero attached hydrogens (tertiary/aromatic N) is 2. The molecular weight excluding hydrogens is 242 g/mol. The third-order valence-corrected chi connectivity index (χ3v) is 3.86. The predicted molar refractivity (Wildman–Crippen MR) is 74.4 cm³/mol. The van der Waals surface area contributed by atoms with Gasteiger partial charge in [-0.3, -0.25) is 9.78 Å². The molecule has 2 N–H and O–H groups in total. The van der Waals surface area contributed by atoms with E-state index in [1.807, 2.05) is 13.0 Å². The fourth-order valence-electron chi connectivity index (χ4n) is 2.58. The molecule has 5 heteroatoms. The van der Waals surface area contributed by atoms with Crippen molar-refractivity contribution in [3.8, 4) is 0 Å². The smallest absolute Gasteiger partial charge is 0.257 e. The largest absolute Gasteiger partial charge is 0.390 e. The van der Waals surface area contributed by atoms with Crippen LogP contribution >= 0.6 is 0 Å². The summed E-state index contributed by atoms with van der Waals surface area (Å²) in [7, 11) is 0. The number of aliphatic hydroxyl groups is 1. The maximum absolute atomic E-state index is 11.8. The van der Waals surface area contributed by atoms with E-state index in [0.717, 1.165) is 37.0 Å². The van der Waals surface area contributed by atoms with E-state index in [0.29, 0.717) is 5.39 Å². The Morgan fingerprint density at radius 1 is 1.32 bits per heavy atom. The van der Waals surface area contributed by atoms with E-state index in [2.05, 4.69) is 14.9 Å². The standard InChI is InChI=1S/C14H17N3O2/c1-14(19)3-6-17(7-4-14)12-9-15-8-11-10(12)2-5-16-13(11)18/h2,5,8-9,19H,3-4,6-7H2,1H3,(H,16,18). The van der Waals surface area contributed by atoms with E-state index < -0.39 is 5.60 Å². The molecule has 0 saturated carbocycles. The number of nitrogens with one attached hydrogen (secondary N) is 1. The van der Waals surface area contributed by atoms with E-state index in [1.54, 1.807) is 18.6 Å². The summed E-state index contributed by atoms with van der Waals surface area (Å²) < 4.78 is 0. The van der Waals surface area contributed by atoms with E-state index in [-0.39, 0.29) is 5.56 Å². The Labute approximate surface area is 110 Å². The minimum atomic E-state index is -0.577. The number of piperidine rings is 1. The van der Waals surface area contributed by atoms with Crippen LogP contribution in [0.2, 0.25) is 0 Å². The van der Waals surface area contributed by atoms with Gasteiger partial charge in [-0.2, -0.15) is 0 Å². The minimum Gasteiger partial charge on any atom is -0.390 e. The molecule has 0 unspecified atom stereocenters. The Balaban J connectivity index is 2.02. The van der Waals surface area contributed by atoms with Gasteiger partial charge < -0.3 is 15.0 Å². The highest BCUT2D eigenvalue weighted by Gasteiger charge is 2.28. The number of hydrogen-bond donors (Lipinski definition) is 2. The highest BCUT2D eigenvalue weighted by Crippen LogP contribution is 2.29. The van der Waals surface area contributed by atoms with Crippen molar-refractivity contribution in [2.75, 3.05) is 18.0 Å². The second-order valence-corrected chi connectivity index (χ2v) is 5.41. The van der Waals surface area contributed by atoms with Gasteiger partial charge >= 0.3 is 0 Å². The van der Waals surface area contributed by atoms with E-state index in [9.17, 15) is 9.90 Å². The van der Waals surface area contributed by atoms with Crippen LogP contribution in [0.1, 0.15) is 19.8 Å². The van der Waals surface area contributed by atoms with Crippen LogP contribution in [0.15, 0.2) is 29.5 Å². The fourth-order valence-corrected chi connectivity index (χ4v) is 2.58. The molecule has 5 nitrogen and oxygen atoms in total. The second kappa shape index (κ2) is 4.35. The van der Waals surface area contributed by atoms with Crippen LogP contribution in [0.3, 0.4) is 0 Å². The van der Waals surface area contributed by atoms with Crippen LogP contribution < -0.4 is 10.5 Å². The lowest BCUT2D eigenvalue weighted by atomic mass is 9.93. The molecule has 0 atom stereocenters. The Bertz CT molecular complexity index is 653. The van der Waals surface area contributed by atoms with E-state index in [4.69, 9.17) is 0 Å². The first-order valence-electron chi connectivity index (χ1n) is 6.50. The van der Waals surface area contributed by atoms with Crippen molar-refractivity contribution in [2.45, 2.75) is 25.4 Å². The van der Waals surface area contributed by atoms with E-state index >= 15 is 0 Å². The van der Waals surface area contributed by atoms with Gasteiger partial charge in [0.1, 0.15) is 0 Å². The zero-order chi connectivity index (χ0) is 13.5. The van der Waals surface area contributed by atoms with Gasteiger partial charge in [0, 0.05) is 30.9 Å². The van der Waals surface area contributed by atoms with Gasteiger partial charge in [-0.05, 0) is 25.8 Å². The topological polar surface area (TPSA) is 69.2 Å². The van der Waals surface area contributed by atoms with Crippen molar-refractivity contribution in [1.82, 2.24) is 9.97 Å². The van der Waals surface area contributed by atoms with Gasteiger partial charge in [-0.1, -0.05) is 0 Å². The monoisotopic (exact) mass is 259 g/mol. The molecule has 0 aliphatic carbocycles. The first-order valence-corrected chi connectivity index (χ1v) is 6.50. The predicted octanol–water partition coefficient (Wildman–Crippen LogP) is 1.27. The molecule has 3 rings (SSSR count).